The van der Waals surface area contributed by atoms with Crippen LogP contribution in [-0.2, 0) is 19.6 Å². The van der Waals surface area contributed by atoms with Crippen LogP contribution in [0.3, 0.4) is 0 Å². The maximum atomic E-state index is 13.0. The van der Waals surface area contributed by atoms with E-state index in [4.69, 9.17) is 4.74 Å². The number of piperidine rings is 1. The maximum Gasteiger partial charge on any atom is 0.243 e. The maximum absolute atomic E-state index is 13.0. The van der Waals surface area contributed by atoms with E-state index in [0.717, 1.165) is 18.7 Å². The van der Waals surface area contributed by atoms with Crippen LogP contribution < -0.4 is 5.32 Å². The van der Waals surface area contributed by atoms with Crippen molar-refractivity contribution in [3.8, 4) is 0 Å². The Labute approximate surface area is 196 Å². The number of carbonyl (C=O) groups excluding carboxylic acids is 1. The van der Waals surface area contributed by atoms with Crippen LogP contribution in [-0.4, -0.2) is 69.5 Å². The number of carbonyl (C=O) groups is 1. The molecule has 1 amide bonds. The van der Waals surface area contributed by atoms with Gasteiger partial charge in [-0.15, -0.1) is 0 Å². The number of rotatable bonds is 7. The minimum Gasteiger partial charge on any atom is -0.379 e. The van der Waals surface area contributed by atoms with Crippen molar-refractivity contribution in [2.75, 3.05) is 45.9 Å². The SMILES string of the molecule is Cc1ccc(S(=O)(=O)N2CCC(C(=O)NC[C@H](c3ccccc3)N3CCOCC3)CC2)cc1. The predicted molar refractivity (Wildman–Crippen MR) is 127 cm³/mol. The fourth-order valence-corrected chi connectivity index (χ4v) is 6.05. The Hall–Kier alpha value is -2.26. The topological polar surface area (TPSA) is 79.0 Å². The monoisotopic (exact) mass is 471 g/mol. The molecule has 2 heterocycles. The quantitative estimate of drug-likeness (QED) is 0.672. The Morgan fingerprint density at radius 3 is 2.27 bits per heavy atom. The van der Waals surface area contributed by atoms with E-state index in [1.807, 2.05) is 37.3 Å². The van der Waals surface area contributed by atoms with Crippen LogP contribution in [0.2, 0.25) is 0 Å². The molecule has 8 heteroatoms. The number of nitrogens with zero attached hydrogens (tertiary/aromatic N) is 2. The summed E-state index contributed by atoms with van der Waals surface area (Å²) in [6.07, 6.45) is 1.06. The van der Waals surface area contributed by atoms with Crippen molar-refractivity contribution < 1.29 is 17.9 Å². The lowest BCUT2D eigenvalue weighted by Crippen LogP contribution is -2.46. The molecule has 2 aliphatic heterocycles. The first-order valence-corrected chi connectivity index (χ1v) is 13.1. The summed E-state index contributed by atoms with van der Waals surface area (Å²) in [6.45, 7) is 6.26. The van der Waals surface area contributed by atoms with Gasteiger partial charge in [-0.1, -0.05) is 48.0 Å². The minimum absolute atomic E-state index is 0.0107. The van der Waals surface area contributed by atoms with Gasteiger partial charge < -0.3 is 10.1 Å². The van der Waals surface area contributed by atoms with E-state index < -0.39 is 10.0 Å². The van der Waals surface area contributed by atoms with Crippen molar-refractivity contribution in [1.82, 2.24) is 14.5 Å². The van der Waals surface area contributed by atoms with Crippen LogP contribution in [0.25, 0.3) is 0 Å². The van der Waals surface area contributed by atoms with Gasteiger partial charge in [0.05, 0.1) is 24.2 Å². The molecular weight excluding hydrogens is 438 g/mol. The van der Waals surface area contributed by atoms with Gasteiger partial charge in [0, 0.05) is 38.6 Å². The van der Waals surface area contributed by atoms with E-state index in [1.54, 1.807) is 12.1 Å². The number of amides is 1. The van der Waals surface area contributed by atoms with Gasteiger partial charge >= 0.3 is 0 Å². The summed E-state index contributed by atoms with van der Waals surface area (Å²) in [5.41, 5.74) is 2.20. The van der Waals surface area contributed by atoms with E-state index in [9.17, 15) is 13.2 Å². The molecule has 0 spiro atoms. The Morgan fingerprint density at radius 1 is 1.00 bits per heavy atom. The highest BCUT2D eigenvalue weighted by Crippen LogP contribution is 2.25. The smallest absolute Gasteiger partial charge is 0.243 e. The number of hydrogen-bond acceptors (Lipinski definition) is 5. The summed E-state index contributed by atoms with van der Waals surface area (Å²) >= 11 is 0. The molecular formula is C25H33N3O4S. The molecule has 2 aromatic carbocycles. The third kappa shape index (κ3) is 5.81. The van der Waals surface area contributed by atoms with E-state index in [-0.39, 0.29) is 17.9 Å². The van der Waals surface area contributed by atoms with Crippen LogP contribution in [0.15, 0.2) is 59.5 Å². The van der Waals surface area contributed by atoms with Gasteiger partial charge in [-0.05, 0) is 37.5 Å². The van der Waals surface area contributed by atoms with Gasteiger partial charge in [-0.25, -0.2) is 8.42 Å². The van der Waals surface area contributed by atoms with E-state index >= 15 is 0 Å². The van der Waals surface area contributed by atoms with Crippen LogP contribution in [0.5, 0.6) is 0 Å². The molecule has 0 aliphatic carbocycles. The molecule has 2 aliphatic rings. The standard InChI is InChI=1S/C25H33N3O4S/c1-20-7-9-23(10-8-20)33(30,31)28-13-11-22(12-14-28)25(29)26-19-24(21-5-3-2-4-6-21)27-15-17-32-18-16-27/h2-10,22,24H,11-19H2,1H3,(H,26,29)/t24-/m1/s1. The summed E-state index contributed by atoms with van der Waals surface area (Å²) in [5.74, 6) is -0.160. The summed E-state index contributed by atoms with van der Waals surface area (Å²) in [4.78, 5) is 15.6. The second-order valence-corrected chi connectivity index (χ2v) is 10.7. The Kier molecular flexibility index (Phi) is 7.80. The van der Waals surface area contributed by atoms with Crippen molar-refractivity contribution >= 4 is 15.9 Å². The van der Waals surface area contributed by atoms with Crippen LogP contribution in [0.1, 0.15) is 30.0 Å². The number of benzene rings is 2. The second-order valence-electron chi connectivity index (χ2n) is 8.81. The molecule has 0 saturated carbocycles. The average molecular weight is 472 g/mol. The summed E-state index contributed by atoms with van der Waals surface area (Å²) in [7, 11) is -3.52. The molecule has 2 fully saturated rings. The van der Waals surface area contributed by atoms with Crippen molar-refractivity contribution in [1.29, 1.82) is 0 Å². The second kappa shape index (κ2) is 10.8. The molecule has 33 heavy (non-hydrogen) atoms. The lowest BCUT2D eigenvalue weighted by molar-refractivity contribution is -0.126. The zero-order chi connectivity index (χ0) is 23.3. The van der Waals surface area contributed by atoms with Crippen molar-refractivity contribution in [2.24, 2.45) is 5.92 Å². The van der Waals surface area contributed by atoms with Crippen LogP contribution >= 0.6 is 0 Å². The van der Waals surface area contributed by atoms with E-state index in [2.05, 4.69) is 22.3 Å². The molecule has 178 valence electrons. The zero-order valence-corrected chi connectivity index (χ0v) is 20.0. The minimum atomic E-state index is -3.52. The first-order valence-electron chi connectivity index (χ1n) is 11.7. The number of sulfonamides is 1. The number of ether oxygens (including phenoxy) is 1. The third-order valence-electron chi connectivity index (χ3n) is 6.62. The van der Waals surface area contributed by atoms with Gasteiger partial charge in [0.1, 0.15) is 0 Å². The average Bonchev–Trinajstić information content (AvgIpc) is 2.86. The molecule has 2 aromatic rings. The van der Waals surface area contributed by atoms with Gasteiger partial charge in [0.15, 0.2) is 0 Å². The molecule has 0 unspecified atom stereocenters. The molecule has 0 bridgehead atoms. The van der Waals surface area contributed by atoms with E-state index in [0.29, 0.717) is 50.6 Å². The first kappa shape index (κ1) is 23.9. The van der Waals surface area contributed by atoms with Gasteiger partial charge in [0.25, 0.3) is 0 Å². The predicted octanol–water partition coefficient (Wildman–Crippen LogP) is 2.59. The molecule has 0 aromatic heterocycles. The number of nitrogens with one attached hydrogen (secondary N) is 1. The lowest BCUT2D eigenvalue weighted by Gasteiger charge is -2.35. The molecule has 1 N–H and O–H groups in total. The number of morpholine rings is 1. The summed E-state index contributed by atoms with van der Waals surface area (Å²) in [6, 6.07) is 17.3. The highest BCUT2D eigenvalue weighted by Gasteiger charge is 2.32. The fourth-order valence-electron chi connectivity index (χ4n) is 4.58. The van der Waals surface area contributed by atoms with Crippen molar-refractivity contribution in [3.05, 3.63) is 65.7 Å². The fraction of sp³-hybridized carbons (Fsp3) is 0.480. The largest absolute Gasteiger partial charge is 0.379 e. The molecule has 0 radical (unpaired) electrons. The van der Waals surface area contributed by atoms with Gasteiger partial charge in [-0.2, -0.15) is 4.31 Å². The third-order valence-corrected chi connectivity index (χ3v) is 8.54. The lowest BCUT2D eigenvalue weighted by atomic mass is 9.97. The highest BCUT2D eigenvalue weighted by molar-refractivity contribution is 7.89. The van der Waals surface area contributed by atoms with Crippen molar-refractivity contribution in [3.63, 3.8) is 0 Å². The Morgan fingerprint density at radius 2 is 1.64 bits per heavy atom. The van der Waals surface area contributed by atoms with Crippen molar-refractivity contribution in [2.45, 2.75) is 30.7 Å². The normalized spacial score (nSPS) is 19.8. The molecule has 1 atom stereocenters. The van der Waals surface area contributed by atoms with Gasteiger partial charge in [0.2, 0.25) is 15.9 Å². The van der Waals surface area contributed by atoms with Gasteiger partial charge in [-0.3, -0.25) is 9.69 Å². The molecule has 4 rings (SSSR count). The Bertz CT molecular complexity index is 1010. The number of hydrogen-bond donors (Lipinski definition) is 1. The Balaban J connectivity index is 1.34. The number of aryl methyl sites for hydroxylation is 1. The van der Waals surface area contributed by atoms with Crippen LogP contribution in [0, 0.1) is 12.8 Å². The molecule has 2 saturated heterocycles. The summed E-state index contributed by atoms with van der Waals surface area (Å²) in [5, 5.41) is 3.15. The zero-order valence-electron chi connectivity index (χ0n) is 19.2. The summed E-state index contributed by atoms with van der Waals surface area (Å²) < 4.78 is 32.9. The van der Waals surface area contributed by atoms with E-state index in [1.165, 1.54) is 9.87 Å². The highest BCUT2D eigenvalue weighted by atomic mass is 32.2. The van der Waals surface area contributed by atoms with Crippen LogP contribution in [0.4, 0.5) is 0 Å². The molecule has 7 nitrogen and oxygen atoms in total. The first-order chi connectivity index (χ1) is 15.9.